The van der Waals surface area contributed by atoms with Gasteiger partial charge in [-0.25, -0.2) is 8.42 Å². The predicted molar refractivity (Wildman–Crippen MR) is 157 cm³/mol. The Morgan fingerprint density at radius 1 is 0.949 bits per heavy atom. The van der Waals surface area contributed by atoms with Gasteiger partial charge in [-0.05, 0) is 55.3 Å². The molecule has 208 valence electrons. The van der Waals surface area contributed by atoms with E-state index in [1.165, 1.54) is 48.3 Å². The number of anilines is 1. The van der Waals surface area contributed by atoms with Crippen molar-refractivity contribution >= 4 is 73.9 Å². The summed E-state index contributed by atoms with van der Waals surface area (Å²) >= 11 is 25.1. The summed E-state index contributed by atoms with van der Waals surface area (Å²) in [4.78, 5) is 28.0. The van der Waals surface area contributed by atoms with Crippen LogP contribution in [0.1, 0.15) is 24.5 Å². The van der Waals surface area contributed by atoms with E-state index in [-0.39, 0.29) is 33.6 Å². The van der Waals surface area contributed by atoms with Crippen molar-refractivity contribution in [2.45, 2.75) is 37.8 Å². The minimum Gasteiger partial charge on any atom is -0.357 e. The van der Waals surface area contributed by atoms with E-state index >= 15 is 0 Å². The van der Waals surface area contributed by atoms with E-state index in [4.69, 9.17) is 46.4 Å². The molecule has 1 atom stereocenters. The lowest BCUT2D eigenvalue weighted by Gasteiger charge is -2.33. The first kappa shape index (κ1) is 31.0. The number of amides is 2. The highest BCUT2D eigenvalue weighted by atomic mass is 35.5. The van der Waals surface area contributed by atoms with Crippen LogP contribution in [0.25, 0.3) is 0 Å². The van der Waals surface area contributed by atoms with Crippen LogP contribution < -0.4 is 9.62 Å². The molecule has 1 unspecified atom stereocenters. The standard InChI is InChI=1S/C27H27Cl4N3O4S/c1-4-23(27(36)32-3)33(15-18-10-11-19(28)14-22(18)30)25(35)16-34(24-7-5-6-21(29)26(24)31)39(37,38)20-12-8-17(2)9-13-20/h5-14,23H,4,15-16H2,1-3H3,(H,32,36). The number of nitrogens with zero attached hydrogens (tertiary/aromatic N) is 2. The highest BCUT2D eigenvalue weighted by Gasteiger charge is 2.34. The van der Waals surface area contributed by atoms with E-state index in [1.54, 1.807) is 31.2 Å². The van der Waals surface area contributed by atoms with E-state index < -0.39 is 34.4 Å². The van der Waals surface area contributed by atoms with Crippen LogP contribution in [-0.2, 0) is 26.2 Å². The SMILES string of the molecule is CCC(C(=O)NC)N(Cc1ccc(Cl)cc1Cl)C(=O)CN(c1cccc(Cl)c1Cl)S(=O)(=O)c1ccc(C)cc1. The third-order valence-corrected chi connectivity index (χ3v) is 9.25. The molecule has 2 amide bonds. The van der Waals surface area contributed by atoms with Crippen LogP contribution in [-0.4, -0.2) is 44.8 Å². The second-order valence-electron chi connectivity index (χ2n) is 8.69. The van der Waals surface area contributed by atoms with Gasteiger partial charge in [0.15, 0.2) is 0 Å². The number of hydrogen-bond acceptors (Lipinski definition) is 4. The molecule has 0 aliphatic rings. The summed E-state index contributed by atoms with van der Waals surface area (Å²) in [7, 11) is -2.82. The monoisotopic (exact) mass is 629 g/mol. The number of carbonyl (C=O) groups is 2. The third kappa shape index (κ3) is 7.18. The van der Waals surface area contributed by atoms with Crippen molar-refractivity contribution in [3.8, 4) is 0 Å². The molecule has 39 heavy (non-hydrogen) atoms. The van der Waals surface area contributed by atoms with E-state index in [0.717, 1.165) is 9.87 Å². The highest BCUT2D eigenvalue weighted by molar-refractivity contribution is 7.92. The molecule has 12 heteroatoms. The predicted octanol–water partition coefficient (Wildman–Crippen LogP) is 6.36. The van der Waals surface area contributed by atoms with Crippen molar-refractivity contribution in [3.63, 3.8) is 0 Å². The van der Waals surface area contributed by atoms with Gasteiger partial charge in [0.1, 0.15) is 12.6 Å². The van der Waals surface area contributed by atoms with Gasteiger partial charge in [0.2, 0.25) is 11.8 Å². The molecule has 0 aliphatic heterocycles. The van der Waals surface area contributed by atoms with Crippen molar-refractivity contribution in [2.24, 2.45) is 0 Å². The van der Waals surface area contributed by atoms with Crippen LogP contribution in [0.2, 0.25) is 20.1 Å². The van der Waals surface area contributed by atoms with Crippen molar-refractivity contribution in [1.82, 2.24) is 10.2 Å². The first-order valence-corrected chi connectivity index (χ1v) is 14.8. The molecule has 3 aromatic carbocycles. The highest BCUT2D eigenvalue weighted by Crippen LogP contribution is 2.36. The minimum atomic E-state index is -4.28. The van der Waals surface area contributed by atoms with Crippen LogP contribution in [0.15, 0.2) is 65.6 Å². The molecule has 0 spiro atoms. The average Bonchev–Trinajstić information content (AvgIpc) is 2.90. The normalized spacial score (nSPS) is 12.1. The lowest BCUT2D eigenvalue weighted by molar-refractivity contribution is -0.140. The van der Waals surface area contributed by atoms with Gasteiger partial charge >= 0.3 is 0 Å². The van der Waals surface area contributed by atoms with E-state index in [2.05, 4.69) is 5.32 Å². The second-order valence-corrected chi connectivity index (χ2v) is 12.2. The van der Waals surface area contributed by atoms with Crippen molar-refractivity contribution < 1.29 is 18.0 Å². The number of sulfonamides is 1. The fourth-order valence-electron chi connectivity index (χ4n) is 3.96. The number of nitrogens with one attached hydrogen (secondary N) is 1. The minimum absolute atomic E-state index is 0.0237. The summed E-state index contributed by atoms with van der Waals surface area (Å²) < 4.78 is 28.7. The van der Waals surface area contributed by atoms with Crippen LogP contribution in [0.5, 0.6) is 0 Å². The van der Waals surface area contributed by atoms with Gasteiger partial charge in [-0.2, -0.15) is 0 Å². The second kappa shape index (κ2) is 13.2. The molecule has 0 saturated carbocycles. The smallest absolute Gasteiger partial charge is 0.264 e. The van der Waals surface area contributed by atoms with Crippen LogP contribution in [0.3, 0.4) is 0 Å². The first-order chi connectivity index (χ1) is 18.4. The Bertz CT molecular complexity index is 1470. The van der Waals surface area contributed by atoms with Gasteiger partial charge in [-0.1, -0.05) is 83.2 Å². The van der Waals surface area contributed by atoms with E-state index in [0.29, 0.717) is 15.6 Å². The summed E-state index contributed by atoms with van der Waals surface area (Å²) in [5.41, 5.74) is 1.42. The third-order valence-electron chi connectivity index (χ3n) is 6.08. The average molecular weight is 631 g/mol. The summed E-state index contributed by atoms with van der Waals surface area (Å²) in [6, 6.07) is 14.6. The quantitative estimate of drug-likeness (QED) is 0.283. The Morgan fingerprint density at radius 3 is 2.21 bits per heavy atom. The Kier molecular flexibility index (Phi) is 10.5. The molecule has 0 bridgehead atoms. The molecule has 7 nitrogen and oxygen atoms in total. The van der Waals surface area contributed by atoms with Crippen LogP contribution in [0, 0.1) is 6.92 Å². The zero-order valence-electron chi connectivity index (χ0n) is 21.4. The van der Waals surface area contributed by atoms with Crippen LogP contribution in [0.4, 0.5) is 5.69 Å². The van der Waals surface area contributed by atoms with Crippen molar-refractivity contribution in [3.05, 3.63) is 91.9 Å². The number of carbonyl (C=O) groups excluding carboxylic acids is 2. The van der Waals surface area contributed by atoms with E-state index in [1.807, 2.05) is 6.92 Å². The van der Waals surface area contributed by atoms with Crippen molar-refractivity contribution in [2.75, 3.05) is 17.9 Å². The van der Waals surface area contributed by atoms with E-state index in [9.17, 15) is 18.0 Å². The number of likely N-dealkylation sites (N-methyl/N-ethyl adjacent to an activating group) is 1. The van der Waals surface area contributed by atoms with Crippen LogP contribution >= 0.6 is 46.4 Å². The number of aryl methyl sites for hydroxylation is 1. The lowest BCUT2D eigenvalue weighted by atomic mass is 10.1. The Balaban J connectivity index is 2.12. The largest absolute Gasteiger partial charge is 0.357 e. The molecule has 0 radical (unpaired) electrons. The molecule has 0 saturated heterocycles. The Morgan fingerprint density at radius 2 is 1.62 bits per heavy atom. The summed E-state index contributed by atoms with van der Waals surface area (Å²) in [5, 5.41) is 3.36. The van der Waals surface area contributed by atoms with Crippen molar-refractivity contribution in [1.29, 1.82) is 0 Å². The maximum absolute atomic E-state index is 14.0. The van der Waals surface area contributed by atoms with Gasteiger partial charge in [0.05, 0.1) is 20.6 Å². The summed E-state index contributed by atoms with van der Waals surface area (Å²) in [6.45, 7) is 2.85. The molecule has 0 fully saturated rings. The number of rotatable bonds is 10. The Hall–Kier alpha value is -2.49. The molecular weight excluding hydrogens is 604 g/mol. The molecule has 3 rings (SSSR count). The topological polar surface area (TPSA) is 86.8 Å². The molecular formula is C27H27Cl4N3O4S. The zero-order chi connectivity index (χ0) is 28.9. The molecule has 0 aromatic heterocycles. The van der Waals surface area contributed by atoms with Gasteiger partial charge in [0.25, 0.3) is 10.0 Å². The zero-order valence-corrected chi connectivity index (χ0v) is 25.3. The van der Waals surface area contributed by atoms with Gasteiger partial charge < -0.3 is 10.2 Å². The van der Waals surface area contributed by atoms with Gasteiger partial charge in [-0.3, -0.25) is 13.9 Å². The maximum Gasteiger partial charge on any atom is 0.264 e. The summed E-state index contributed by atoms with van der Waals surface area (Å²) in [6.07, 6.45) is 0.263. The fraction of sp³-hybridized carbons (Fsp3) is 0.259. The molecule has 1 N–H and O–H groups in total. The van der Waals surface area contributed by atoms with Gasteiger partial charge in [0, 0.05) is 23.6 Å². The van der Waals surface area contributed by atoms with Gasteiger partial charge in [-0.15, -0.1) is 0 Å². The molecule has 0 aliphatic carbocycles. The first-order valence-electron chi connectivity index (χ1n) is 11.9. The maximum atomic E-state index is 14.0. The number of halogens is 4. The molecule has 0 heterocycles. The summed E-state index contributed by atoms with van der Waals surface area (Å²) in [5.74, 6) is -1.06. The Labute approximate surface area is 248 Å². The lowest BCUT2D eigenvalue weighted by Crippen LogP contribution is -2.51. The number of benzene rings is 3. The number of hydrogen-bond donors (Lipinski definition) is 1. The molecule has 3 aromatic rings. The fourth-order valence-corrected chi connectivity index (χ4v) is 6.30.